The molecule has 0 atom stereocenters. The van der Waals surface area contributed by atoms with Crippen LogP contribution in [0.5, 0.6) is 11.6 Å². The molecule has 6 heteroatoms. The molecule has 2 aromatic rings. The van der Waals surface area contributed by atoms with E-state index in [1.54, 1.807) is 13.0 Å². The van der Waals surface area contributed by atoms with Crippen LogP contribution in [0, 0.1) is 24.0 Å². The first-order valence-electron chi connectivity index (χ1n) is 5.42. The molecule has 0 aliphatic carbocycles. The van der Waals surface area contributed by atoms with Gasteiger partial charge in [0.1, 0.15) is 5.84 Å². The van der Waals surface area contributed by atoms with E-state index in [1.165, 1.54) is 18.3 Å². The van der Waals surface area contributed by atoms with Crippen molar-refractivity contribution in [2.75, 3.05) is 0 Å². The Morgan fingerprint density at radius 2 is 2.05 bits per heavy atom. The average Bonchev–Trinajstić information content (AvgIpc) is 2.34. The summed E-state index contributed by atoms with van der Waals surface area (Å²) < 4.78 is 31.8. The maximum atomic E-state index is 13.5. The molecule has 0 saturated carbocycles. The molecular weight excluding hydrogens is 252 g/mol. The van der Waals surface area contributed by atoms with E-state index in [4.69, 9.17) is 15.9 Å². The fourth-order valence-electron chi connectivity index (χ4n) is 1.61. The zero-order valence-corrected chi connectivity index (χ0v) is 10.1. The molecule has 3 N–H and O–H groups in total. The smallest absolute Gasteiger partial charge is 0.230 e. The Hall–Kier alpha value is -2.50. The second-order valence-electron chi connectivity index (χ2n) is 3.88. The zero-order chi connectivity index (χ0) is 14.0. The van der Waals surface area contributed by atoms with Gasteiger partial charge in [0.2, 0.25) is 11.7 Å². The number of aryl methyl sites for hydroxylation is 1. The predicted molar refractivity (Wildman–Crippen MR) is 66.4 cm³/mol. The van der Waals surface area contributed by atoms with Crippen molar-refractivity contribution in [2.45, 2.75) is 6.92 Å². The van der Waals surface area contributed by atoms with E-state index in [0.29, 0.717) is 5.56 Å². The van der Waals surface area contributed by atoms with Crippen LogP contribution in [0.3, 0.4) is 0 Å². The van der Waals surface area contributed by atoms with Crippen molar-refractivity contribution in [1.82, 2.24) is 4.98 Å². The average molecular weight is 263 g/mol. The number of ether oxygens (including phenoxy) is 1. The van der Waals surface area contributed by atoms with Gasteiger partial charge in [-0.1, -0.05) is 6.07 Å². The zero-order valence-electron chi connectivity index (χ0n) is 10.1. The Morgan fingerprint density at radius 1 is 1.32 bits per heavy atom. The molecule has 1 aromatic carbocycles. The molecule has 0 aliphatic rings. The minimum atomic E-state index is -1.11. The van der Waals surface area contributed by atoms with Crippen LogP contribution in [0.2, 0.25) is 0 Å². The van der Waals surface area contributed by atoms with E-state index in [0.717, 1.165) is 6.07 Å². The van der Waals surface area contributed by atoms with Gasteiger partial charge in [0.15, 0.2) is 11.6 Å². The lowest BCUT2D eigenvalue weighted by atomic mass is 10.1. The van der Waals surface area contributed by atoms with Crippen molar-refractivity contribution >= 4 is 5.84 Å². The summed E-state index contributed by atoms with van der Waals surface area (Å²) in [5.41, 5.74) is 6.35. The van der Waals surface area contributed by atoms with Crippen LogP contribution in [0.25, 0.3) is 0 Å². The van der Waals surface area contributed by atoms with Crippen LogP contribution in [-0.4, -0.2) is 10.8 Å². The lowest BCUT2D eigenvalue weighted by molar-refractivity contribution is 0.404. The summed E-state index contributed by atoms with van der Waals surface area (Å²) in [6.45, 7) is 1.72. The second-order valence-corrected chi connectivity index (χ2v) is 3.88. The molecule has 2 rings (SSSR count). The number of hydrogen-bond acceptors (Lipinski definition) is 3. The fraction of sp³-hybridized carbons (Fsp3) is 0.0769. The van der Waals surface area contributed by atoms with E-state index in [9.17, 15) is 8.78 Å². The Bertz CT molecular complexity index is 644. The molecule has 0 fully saturated rings. The van der Waals surface area contributed by atoms with Gasteiger partial charge in [0.05, 0.1) is 5.56 Å². The molecule has 0 spiro atoms. The number of hydrogen-bond donors (Lipinski definition) is 2. The van der Waals surface area contributed by atoms with E-state index in [1.807, 2.05) is 0 Å². The van der Waals surface area contributed by atoms with Gasteiger partial charge in [0, 0.05) is 6.20 Å². The lowest BCUT2D eigenvalue weighted by Crippen LogP contribution is -2.15. The standard InChI is InChI=1S/C13H11F2N3O/c1-7-5-6-18-13(10(7)12(16)17)19-9-4-2-3-8(14)11(9)15/h2-6H,1H3,(H3,16,17). The molecule has 0 aliphatic heterocycles. The molecule has 1 aromatic heterocycles. The number of pyridine rings is 1. The number of nitrogens with zero attached hydrogens (tertiary/aromatic N) is 1. The Labute approximate surface area is 108 Å². The summed E-state index contributed by atoms with van der Waals surface area (Å²) in [4.78, 5) is 3.89. The summed E-state index contributed by atoms with van der Waals surface area (Å²) in [6, 6.07) is 5.21. The summed E-state index contributed by atoms with van der Waals surface area (Å²) >= 11 is 0. The summed E-state index contributed by atoms with van der Waals surface area (Å²) in [6.07, 6.45) is 1.44. The van der Waals surface area contributed by atoms with Crippen molar-refractivity contribution in [3.05, 3.63) is 53.2 Å². The Kier molecular flexibility index (Phi) is 3.41. The van der Waals surface area contributed by atoms with Crippen LogP contribution in [0.4, 0.5) is 8.78 Å². The number of rotatable bonds is 3. The van der Waals surface area contributed by atoms with Gasteiger partial charge in [-0.2, -0.15) is 4.39 Å². The van der Waals surface area contributed by atoms with Crippen molar-refractivity contribution in [3.8, 4) is 11.6 Å². The molecule has 0 bridgehead atoms. The monoisotopic (exact) mass is 263 g/mol. The molecule has 4 nitrogen and oxygen atoms in total. The van der Waals surface area contributed by atoms with Gasteiger partial charge in [-0.3, -0.25) is 5.41 Å². The second kappa shape index (κ2) is 5.01. The molecule has 0 unspecified atom stereocenters. The highest BCUT2D eigenvalue weighted by molar-refractivity contribution is 5.98. The van der Waals surface area contributed by atoms with E-state index >= 15 is 0 Å². The molecule has 19 heavy (non-hydrogen) atoms. The first kappa shape index (κ1) is 12.9. The van der Waals surface area contributed by atoms with Crippen LogP contribution in [0.15, 0.2) is 30.5 Å². The minimum Gasteiger partial charge on any atom is -0.435 e. The summed E-state index contributed by atoms with van der Waals surface area (Å²) in [7, 11) is 0. The van der Waals surface area contributed by atoms with Crippen molar-refractivity contribution < 1.29 is 13.5 Å². The normalized spacial score (nSPS) is 10.3. The molecular formula is C13H11F2N3O. The third kappa shape index (κ3) is 2.52. The highest BCUT2D eigenvalue weighted by atomic mass is 19.2. The van der Waals surface area contributed by atoms with Gasteiger partial charge < -0.3 is 10.5 Å². The number of aromatic nitrogens is 1. The number of nitrogens with two attached hydrogens (primary N) is 1. The van der Waals surface area contributed by atoms with E-state index in [-0.39, 0.29) is 23.0 Å². The first-order valence-corrected chi connectivity index (χ1v) is 5.42. The first-order chi connectivity index (χ1) is 9.00. The quantitative estimate of drug-likeness (QED) is 0.660. The molecule has 98 valence electrons. The van der Waals surface area contributed by atoms with Crippen molar-refractivity contribution in [2.24, 2.45) is 5.73 Å². The number of nitrogens with one attached hydrogen (secondary N) is 1. The number of amidine groups is 1. The van der Waals surface area contributed by atoms with Crippen LogP contribution < -0.4 is 10.5 Å². The third-order valence-electron chi connectivity index (χ3n) is 2.52. The van der Waals surface area contributed by atoms with E-state index < -0.39 is 11.6 Å². The van der Waals surface area contributed by atoms with Crippen LogP contribution >= 0.6 is 0 Å². The summed E-state index contributed by atoms with van der Waals surface area (Å²) in [5.74, 6) is -2.72. The van der Waals surface area contributed by atoms with E-state index in [2.05, 4.69) is 4.98 Å². The Balaban J connectivity index is 2.47. The number of nitrogen functional groups attached to an aromatic ring is 1. The van der Waals surface area contributed by atoms with Gasteiger partial charge in [-0.15, -0.1) is 0 Å². The summed E-state index contributed by atoms with van der Waals surface area (Å²) in [5, 5.41) is 7.47. The highest BCUT2D eigenvalue weighted by Crippen LogP contribution is 2.27. The van der Waals surface area contributed by atoms with Crippen LogP contribution in [-0.2, 0) is 0 Å². The molecule has 1 heterocycles. The highest BCUT2D eigenvalue weighted by Gasteiger charge is 2.15. The minimum absolute atomic E-state index is 0.0306. The van der Waals surface area contributed by atoms with Crippen LogP contribution in [0.1, 0.15) is 11.1 Å². The maximum Gasteiger partial charge on any atom is 0.230 e. The number of benzene rings is 1. The third-order valence-corrected chi connectivity index (χ3v) is 2.52. The fourth-order valence-corrected chi connectivity index (χ4v) is 1.61. The van der Waals surface area contributed by atoms with Gasteiger partial charge >= 0.3 is 0 Å². The van der Waals surface area contributed by atoms with Crippen molar-refractivity contribution in [1.29, 1.82) is 5.41 Å². The topological polar surface area (TPSA) is 72.0 Å². The largest absolute Gasteiger partial charge is 0.435 e. The van der Waals surface area contributed by atoms with Gasteiger partial charge in [0.25, 0.3) is 0 Å². The Morgan fingerprint density at radius 3 is 2.74 bits per heavy atom. The molecule has 0 saturated heterocycles. The van der Waals surface area contributed by atoms with Gasteiger partial charge in [-0.25, -0.2) is 9.37 Å². The van der Waals surface area contributed by atoms with Crippen molar-refractivity contribution in [3.63, 3.8) is 0 Å². The predicted octanol–water partition coefficient (Wildman–Crippen LogP) is 2.74. The molecule has 0 amide bonds. The van der Waals surface area contributed by atoms with Gasteiger partial charge in [-0.05, 0) is 30.7 Å². The SMILES string of the molecule is Cc1ccnc(Oc2cccc(F)c2F)c1C(=N)N. The molecule has 0 radical (unpaired) electrons. The number of halogens is 2. The lowest BCUT2D eigenvalue weighted by Gasteiger charge is -2.11. The maximum absolute atomic E-state index is 13.5.